The molecular formula is C25H27N3O7S. The van der Waals surface area contributed by atoms with Crippen LogP contribution in [0.1, 0.15) is 18.1 Å². The van der Waals surface area contributed by atoms with Gasteiger partial charge in [-0.15, -0.1) is 0 Å². The normalized spacial score (nSPS) is 11.0. The van der Waals surface area contributed by atoms with Gasteiger partial charge in [-0.25, -0.2) is 8.42 Å². The summed E-state index contributed by atoms with van der Waals surface area (Å²) < 4.78 is 38.8. The van der Waals surface area contributed by atoms with Gasteiger partial charge in [0.1, 0.15) is 18.0 Å². The summed E-state index contributed by atoms with van der Waals surface area (Å²) in [6.07, 6.45) is 0. The van der Waals surface area contributed by atoms with Crippen molar-refractivity contribution in [2.75, 3.05) is 24.6 Å². The fraction of sp³-hybridized carbons (Fsp3) is 0.240. The van der Waals surface area contributed by atoms with Gasteiger partial charge < -0.3 is 14.8 Å². The van der Waals surface area contributed by atoms with Gasteiger partial charge in [-0.05, 0) is 50.2 Å². The molecule has 0 saturated heterocycles. The van der Waals surface area contributed by atoms with E-state index in [-0.39, 0.29) is 22.8 Å². The van der Waals surface area contributed by atoms with Crippen molar-refractivity contribution in [1.29, 1.82) is 0 Å². The third-order valence-corrected chi connectivity index (χ3v) is 7.13. The van der Waals surface area contributed by atoms with Gasteiger partial charge in [0.05, 0.1) is 29.2 Å². The van der Waals surface area contributed by atoms with E-state index in [9.17, 15) is 23.3 Å². The number of sulfonamides is 1. The topological polar surface area (TPSA) is 128 Å². The summed E-state index contributed by atoms with van der Waals surface area (Å²) in [5.74, 6) is 0.549. The highest BCUT2D eigenvalue weighted by Crippen LogP contribution is 2.29. The van der Waals surface area contributed by atoms with E-state index in [4.69, 9.17) is 9.47 Å². The number of amides is 1. The van der Waals surface area contributed by atoms with E-state index >= 15 is 0 Å². The zero-order chi connectivity index (χ0) is 26.3. The van der Waals surface area contributed by atoms with E-state index in [0.717, 1.165) is 15.9 Å². The quantitative estimate of drug-likeness (QED) is 0.305. The van der Waals surface area contributed by atoms with E-state index in [0.29, 0.717) is 23.7 Å². The predicted molar refractivity (Wildman–Crippen MR) is 135 cm³/mol. The maximum absolute atomic E-state index is 13.6. The number of para-hydroxylation sites is 1. The SMILES string of the molecule is CCOc1ccccc1CNC(=O)CN(c1ccc(OC)cc1)S(=O)(=O)c1ccc(C)c([N+](=O)[O-])c1. The molecule has 36 heavy (non-hydrogen) atoms. The van der Waals surface area contributed by atoms with Crippen molar-refractivity contribution in [1.82, 2.24) is 5.32 Å². The molecule has 0 atom stereocenters. The lowest BCUT2D eigenvalue weighted by atomic mass is 10.2. The van der Waals surface area contributed by atoms with Crippen LogP contribution in [0.15, 0.2) is 71.6 Å². The number of nitrogens with one attached hydrogen (secondary N) is 1. The number of ether oxygens (including phenoxy) is 2. The van der Waals surface area contributed by atoms with Gasteiger partial charge in [0, 0.05) is 23.7 Å². The van der Waals surface area contributed by atoms with Gasteiger partial charge >= 0.3 is 0 Å². The van der Waals surface area contributed by atoms with E-state index < -0.39 is 27.4 Å². The molecule has 0 aliphatic heterocycles. The summed E-state index contributed by atoms with van der Waals surface area (Å²) in [4.78, 5) is 23.4. The first-order chi connectivity index (χ1) is 17.2. The van der Waals surface area contributed by atoms with Crippen molar-refractivity contribution in [2.24, 2.45) is 0 Å². The number of hydrogen-bond acceptors (Lipinski definition) is 7. The maximum atomic E-state index is 13.6. The molecular weight excluding hydrogens is 486 g/mol. The van der Waals surface area contributed by atoms with E-state index in [1.165, 1.54) is 38.3 Å². The van der Waals surface area contributed by atoms with E-state index in [2.05, 4.69) is 5.32 Å². The highest BCUT2D eigenvalue weighted by atomic mass is 32.2. The molecule has 0 unspecified atom stereocenters. The number of methoxy groups -OCH3 is 1. The highest BCUT2D eigenvalue weighted by Gasteiger charge is 2.29. The summed E-state index contributed by atoms with van der Waals surface area (Å²) in [6, 6.07) is 17.0. The minimum absolute atomic E-state index is 0.126. The number of hydrogen-bond donors (Lipinski definition) is 1. The third-order valence-electron chi connectivity index (χ3n) is 5.36. The average Bonchev–Trinajstić information content (AvgIpc) is 2.87. The summed E-state index contributed by atoms with van der Waals surface area (Å²) in [5.41, 5.74) is 0.924. The Morgan fingerprint density at radius 1 is 1.08 bits per heavy atom. The van der Waals surface area contributed by atoms with E-state index in [1.54, 1.807) is 24.3 Å². The molecule has 0 aromatic heterocycles. The van der Waals surface area contributed by atoms with Gasteiger partial charge in [0.2, 0.25) is 5.91 Å². The molecule has 0 bridgehead atoms. The first kappa shape index (κ1) is 26.5. The Balaban J connectivity index is 1.92. The predicted octanol–water partition coefficient (Wildman–Crippen LogP) is 3.82. The summed E-state index contributed by atoms with van der Waals surface area (Å²) in [6.45, 7) is 3.40. The number of nitro groups is 1. The van der Waals surface area contributed by atoms with Crippen molar-refractivity contribution in [3.63, 3.8) is 0 Å². The third kappa shape index (κ3) is 6.11. The molecule has 10 nitrogen and oxygen atoms in total. The number of benzene rings is 3. The van der Waals surface area contributed by atoms with Crippen LogP contribution in [0.5, 0.6) is 11.5 Å². The smallest absolute Gasteiger partial charge is 0.273 e. The minimum Gasteiger partial charge on any atom is -0.497 e. The Hall–Kier alpha value is -4.12. The van der Waals surface area contributed by atoms with Crippen molar-refractivity contribution >= 4 is 27.3 Å². The summed E-state index contributed by atoms with van der Waals surface area (Å²) >= 11 is 0. The second kappa shape index (κ2) is 11.5. The number of nitrogens with zero attached hydrogens (tertiary/aromatic N) is 2. The second-order valence-corrected chi connectivity index (χ2v) is 9.59. The van der Waals surface area contributed by atoms with Crippen molar-refractivity contribution in [3.8, 4) is 11.5 Å². The van der Waals surface area contributed by atoms with Crippen LogP contribution in [0.3, 0.4) is 0 Å². The monoisotopic (exact) mass is 513 g/mol. The Morgan fingerprint density at radius 2 is 1.78 bits per heavy atom. The first-order valence-corrected chi connectivity index (χ1v) is 12.5. The van der Waals surface area contributed by atoms with Crippen LogP contribution in [0.25, 0.3) is 0 Å². The lowest BCUT2D eigenvalue weighted by Gasteiger charge is -2.24. The molecule has 0 heterocycles. The number of nitro benzene ring substituents is 1. The number of aryl methyl sites for hydroxylation is 1. The minimum atomic E-state index is -4.34. The zero-order valence-corrected chi connectivity index (χ0v) is 20.9. The van der Waals surface area contributed by atoms with Crippen LogP contribution >= 0.6 is 0 Å². The molecule has 0 aliphatic rings. The molecule has 3 rings (SSSR count). The van der Waals surface area contributed by atoms with Crippen LogP contribution in [0.2, 0.25) is 0 Å². The molecule has 11 heteroatoms. The Morgan fingerprint density at radius 3 is 2.42 bits per heavy atom. The lowest BCUT2D eigenvalue weighted by molar-refractivity contribution is -0.385. The zero-order valence-electron chi connectivity index (χ0n) is 20.1. The first-order valence-electron chi connectivity index (χ1n) is 11.1. The number of anilines is 1. The van der Waals surface area contributed by atoms with Gasteiger partial charge in [-0.3, -0.25) is 19.2 Å². The van der Waals surface area contributed by atoms with Crippen LogP contribution in [0.4, 0.5) is 11.4 Å². The Bertz CT molecular complexity index is 1340. The summed E-state index contributed by atoms with van der Waals surface area (Å²) in [5, 5.41) is 14.1. The van der Waals surface area contributed by atoms with Crippen LogP contribution in [-0.4, -0.2) is 39.5 Å². The Kier molecular flexibility index (Phi) is 8.49. The molecule has 0 aliphatic carbocycles. The summed E-state index contributed by atoms with van der Waals surface area (Å²) in [7, 11) is -2.86. The molecule has 0 radical (unpaired) electrons. The largest absolute Gasteiger partial charge is 0.497 e. The highest BCUT2D eigenvalue weighted by molar-refractivity contribution is 7.92. The Labute approximate surface area is 209 Å². The number of carbonyl (C=O) groups is 1. The second-order valence-electron chi connectivity index (χ2n) is 7.73. The van der Waals surface area contributed by atoms with Crippen LogP contribution < -0.4 is 19.1 Å². The van der Waals surface area contributed by atoms with Gasteiger partial charge in [-0.2, -0.15) is 0 Å². The standard InChI is InChI=1S/C25H27N3O7S/c1-4-35-24-8-6-5-7-19(24)16-26-25(29)17-27(20-10-12-21(34-3)13-11-20)36(32,33)22-14-9-18(2)23(15-22)28(30)31/h5-15H,4,16-17H2,1-3H3,(H,26,29). The molecule has 3 aromatic carbocycles. The van der Waals surface area contributed by atoms with Crippen LogP contribution in [-0.2, 0) is 21.4 Å². The molecule has 0 spiro atoms. The van der Waals surface area contributed by atoms with Gasteiger partial charge in [0.25, 0.3) is 15.7 Å². The molecule has 0 fully saturated rings. The fourth-order valence-electron chi connectivity index (χ4n) is 3.46. The van der Waals surface area contributed by atoms with E-state index in [1.807, 2.05) is 19.1 Å². The molecule has 1 amide bonds. The molecule has 190 valence electrons. The van der Waals surface area contributed by atoms with Crippen molar-refractivity contribution < 1.29 is 27.6 Å². The molecule has 1 N–H and O–H groups in total. The molecule has 0 saturated carbocycles. The lowest BCUT2D eigenvalue weighted by Crippen LogP contribution is -2.40. The maximum Gasteiger partial charge on any atom is 0.273 e. The van der Waals surface area contributed by atoms with Crippen molar-refractivity contribution in [2.45, 2.75) is 25.3 Å². The fourth-order valence-corrected chi connectivity index (χ4v) is 4.90. The molecule has 3 aromatic rings. The van der Waals surface area contributed by atoms with Gasteiger partial charge in [0.15, 0.2) is 0 Å². The van der Waals surface area contributed by atoms with Crippen molar-refractivity contribution in [3.05, 3.63) is 88.0 Å². The number of carbonyl (C=O) groups excluding carboxylic acids is 1. The number of rotatable bonds is 11. The van der Waals surface area contributed by atoms with Crippen LogP contribution in [0, 0.1) is 17.0 Å². The average molecular weight is 514 g/mol. The van der Waals surface area contributed by atoms with Gasteiger partial charge in [-0.1, -0.05) is 24.3 Å².